The van der Waals surface area contributed by atoms with Crippen LogP contribution in [0.25, 0.3) is 0 Å². The number of carbonyl (C=O) groups excluding carboxylic acids is 2. The van der Waals surface area contributed by atoms with E-state index in [1.165, 1.54) is 36.6 Å². The molecule has 1 heterocycles. The van der Waals surface area contributed by atoms with Gasteiger partial charge in [0.2, 0.25) is 0 Å². The zero-order chi connectivity index (χ0) is 25.0. The van der Waals surface area contributed by atoms with Crippen LogP contribution in [-0.4, -0.2) is 31.1 Å². The molecule has 0 fully saturated rings. The van der Waals surface area contributed by atoms with Gasteiger partial charge in [-0.05, 0) is 24.3 Å². The molecule has 0 saturated heterocycles. The van der Waals surface area contributed by atoms with E-state index >= 15 is 0 Å². The van der Waals surface area contributed by atoms with Crippen LogP contribution in [0, 0.1) is 10.1 Å². The number of esters is 2. The van der Waals surface area contributed by atoms with Crippen LogP contribution in [0.3, 0.4) is 0 Å². The average Bonchev–Trinajstić information content (AvgIpc) is 3.04. The van der Waals surface area contributed by atoms with E-state index in [0.717, 1.165) is 25.2 Å². The van der Waals surface area contributed by atoms with Crippen molar-refractivity contribution in [3.05, 3.63) is 91.2 Å². The van der Waals surface area contributed by atoms with E-state index in [2.05, 4.69) is 0 Å². The molecule has 0 unspecified atom stereocenters. The molecule has 3 rings (SSSR count). The van der Waals surface area contributed by atoms with Gasteiger partial charge in [0, 0.05) is 18.3 Å². The van der Waals surface area contributed by atoms with Crippen molar-refractivity contribution in [2.75, 3.05) is 19.1 Å². The average molecular weight is 526 g/mol. The maximum absolute atomic E-state index is 12.7. The van der Waals surface area contributed by atoms with Crippen LogP contribution in [0.15, 0.2) is 66.0 Å². The lowest BCUT2D eigenvalue weighted by Gasteiger charge is -2.23. The summed E-state index contributed by atoms with van der Waals surface area (Å²) in [5.41, 5.74) is -1.14. The second-order valence-electron chi connectivity index (χ2n) is 6.50. The summed E-state index contributed by atoms with van der Waals surface area (Å²) in [6.45, 7) is 0. The summed E-state index contributed by atoms with van der Waals surface area (Å²) in [5, 5.41) is 12.1. The van der Waals surface area contributed by atoms with Crippen LogP contribution in [0.2, 0.25) is 15.1 Å². The molecule has 0 aromatic heterocycles. The van der Waals surface area contributed by atoms with Crippen molar-refractivity contribution in [3.63, 3.8) is 0 Å². The van der Waals surface area contributed by atoms with E-state index in [9.17, 15) is 19.7 Å². The van der Waals surface area contributed by atoms with Crippen LogP contribution >= 0.6 is 34.8 Å². The highest BCUT2D eigenvalue weighted by Gasteiger charge is 2.32. The molecule has 0 atom stereocenters. The predicted octanol–water partition coefficient (Wildman–Crippen LogP) is 5.84. The number of hydrogen-bond acceptors (Lipinski definition) is 8. The highest BCUT2D eigenvalue weighted by molar-refractivity contribution is 6.43. The number of nitrogens with zero attached hydrogens (tertiary/aromatic N) is 2. The lowest BCUT2D eigenvalue weighted by molar-refractivity contribution is -0.384. The summed E-state index contributed by atoms with van der Waals surface area (Å²) in [7, 11) is 2.23. The Balaban J connectivity index is 2.26. The maximum Gasteiger partial charge on any atom is 0.355 e. The first-order chi connectivity index (χ1) is 16.2. The van der Waals surface area contributed by atoms with Crippen molar-refractivity contribution in [3.8, 4) is 11.5 Å². The number of ether oxygens (including phenoxy) is 3. The number of nitro groups is 1. The molecule has 0 spiro atoms. The van der Waals surface area contributed by atoms with E-state index in [4.69, 9.17) is 49.0 Å². The third-order valence-corrected chi connectivity index (χ3v) is 5.61. The van der Waals surface area contributed by atoms with Gasteiger partial charge >= 0.3 is 11.9 Å². The van der Waals surface area contributed by atoms with Crippen molar-refractivity contribution in [1.29, 1.82) is 0 Å². The van der Waals surface area contributed by atoms with Crippen LogP contribution in [0.5, 0.6) is 11.5 Å². The number of hydrogen-bond donors (Lipinski definition) is 0. The lowest BCUT2D eigenvalue weighted by Crippen LogP contribution is -2.27. The molecule has 1 aliphatic rings. The molecule has 1 aliphatic heterocycles. The Bertz CT molecular complexity index is 1270. The quantitative estimate of drug-likeness (QED) is 0.263. The van der Waals surface area contributed by atoms with E-state index < -0.39 is 22.5 Å². The van der Waals surface area contributed by atoms with Gasteiger partial charge in [-0.2, -0.15) is 0 Å². The summed E-state index contributed by atoms with van der Waals surface area (Å²) in [6.07, 6.45) is 5.58. The van der Waals surface area contributed by atoms with Crippen molar-refractivity contribution in [2.45, 2.75) is 0 Å². The zero-order valence-electron chi connectivity index (χ0n) is 17.6. The maximum atomic E-state index is 12.7. The molecule has 0 amide bonds. The number of allylic oxidation sites excluding steroid dienone is 2. The summed E-state index contributed by atoms with van der Waals surface area (Å²) in [4.78, 5) is 37.3. The number of carbonyl (C=O) groups is 2. The largest absolute Gasteiger partial charge is 0.465 e. The predicted molar refractivity (Wildman–Crippen MR) is 126 cm³/mol. The van der Waals surface area contributed by atoms with Gasteiger partial charge in [-0.1, -0.05) is 46.9 Å². The van der Waals surface area contributed by atoms with Gasteiger partial charge in [0.25, 0.3) is 5.69 Å². The number of nitro benzene ring substituents is 1. The Morgan fingerprint density at radius 2 is 1.68 bits per heavy atom. The molecule has 9 nitrogen and oxygen atoms in total. The Kier molecular flexibility index (Phi) is 7.83. The van der Waals surface area contributed by atoms with Gasteiger partial charge in [0.05, 0.1) is 34.8 Å². The number of benzene rings is 2. The van der Waals surface area contributed by atoms with E-state index in [1.807, 2.05) is 0 Å². The second-order valence-corrected chi connectivity index (χ2v) is 7.69. The number of anilines is 1. The molecule has 2 aromatic carbocycles. The fraction of sp³-hybridized carbons (Fsp3) is 0.0909. The number of methoxy groups -OCH3 is 2. The summed E-state index contributed by atoms with van der Waals surface area (Å²) < 4.78 is 15.4. The third kappa shape index (κ3) is 5.01. The van der Waals surface area contributed by atoms with Crippen LogP contribution in [-0.2, 0) is 19.1 Å². The minimum atomic E-state index is -0.943. The molecule has 0 aliphatic carbocycles. The molecule has 12 heteroatoms. The molecule has 176 valence electrons. The Morgan fingerprint density at radius 1 is 0.971 bits per heavy atom. The molecule has 0 bridgehead atoms. The monoisotopic (exact) mass is 524 g/mol. The highest BCUT2D eigenvalue weighted by atomic mass is 35.5. The summed E-state index contributed by atoms with van der Waals surface area (Å²) in [6, 6.07) is 6.94. The fourth-order valence-corrected chi connectivity index (χ4v) is 3.51. The first-order valence-corrected chi connectivity index (χ1v) is 10.5. The summed E-state index contributed by atoms with van der Waals surface area (Å²) >= 11 is 18.5. The first-order valence-electron chi connectivity index (χ1n) is 9.34. The molecule has 2 aromatic rings. The number of rotatable bonds is 6. The Morgan fingerprint density at radius 3 is 2.32 bits per heavy atom. The first kappa shape index (κ1) is 25.1. The third-order valence-electron chi connectivity index (χ3n) is 4.51. The van der Waals surface area contributed by atoms with Gasteiger partial charge < -0.3 is 19.1 Å². The van der Waals surface area contributed by atoms with Gasteiger partial charge in [-0.25, -0.2) is 9.59 Å². The van der Waals surface area contributed by atoms with E-state index in [1.54, 1.807) is 12.1 Å². The van der Waals surface area contributed by atoms with Gasteiger partial charge in [0.1, 0.15) is 27.9 Å². The van der Waals surface area contributed by atoms with Gasteiger partial charge in [-0.15, -0.1) is 0 Å². The highest BCUT2D eigenvalue weighted by Crippen LogP contribution is 2.43. The molecule has 0 N–H and O–H groups in total. The van der Waals surface area contributed by atoms with Crippen LogP contribution in [0.4, 0.5) is 11.4 Å². The zero-order valence-corrected chi connectivity index (χ0v) is 19.8. The lowest BCUT2D eigenvalue weighted by atomic mass is 10.1. The van der Waals surface area contributed by atoms with E-state index in [0.29, 0.717) is 0 Å². The Labute approximate surface area is 208 Å². The van der Waals surface area contributed by atoms with Crippen molar-refractivity contribution in [2.24, 2.45) is 0 Å². The molecule has 0 saturated carbocycles. The molecular formula is C22H15Cl3N2O7. The molecule has 0 radical (unpaired) electrons. The topological polar surface area (TPSA) is 108 Å². The minimum Gasteiger partial charge on any atom is -0.465 e. The van der Waals surface area contributed by atoms with E-state index in [-0.39, 0.29) is 43.5 Å². The van der Waals surface area contributed by atoms with Crippen molar-refractivity contribution < 1.29 is 28.7 Å². The Hall–Kier alpha value is -3.53. The van der Waals surface area contributed by atoms with Gasteiger partial charge in [-0.3, -0.25) is 10.1 Å². The van der Waals surface area contributed by atoms with Gasteiger partial charge in [0.15, 0.2) is 0 Å². The van der Waals surface area contributed by atoms with Crippen molar-refractivity contribution in [1.82, 2.24) is 0 Å². The summed E-state index contributed by atoms with van der Waals surface area (Å²) in [5.74, 6) is -1.69. The number of halogens is 3. The van der Waals surface area contributed by atoms with Crippen LogP contribution < -0.4 is 9.64 Å². The standard InChI is InChI=1S/C22H15Cl3N2O7/c1-32-21(28)12-6-3-4-9-26(20(12)22(29)33-2)15-11-18(14(24)10-16(15)27(30)31)34-17-8-5-7-13(23)19(17)25/h3-11H,1-2H3. The minimum absolute atomic E-state index is 0.0270. The fourth-order valence-electron chi connectivity index (χ4n) is 2.98. The molecular weight excluding hydrogens is 511 g/mol. The normalized spacial score (nSPS) is 12.9. The van der Waals surface area contributed by atoms with Crippen LogP contribution in [0.1, 0.15) is 0 Å². The van der Waals surface area contributed by atoms with Crippen molar-refractivity contribution >= 4 is 58.1 Å². The smallest absolute Gasteiger partial charge is 0.355 e. The SMILES string of the molecule is COC(=O)C1=C(C(=O)OC)N(c2cc(Oc3cccc(Cl)c3Cl)c(Cl)cc2[N+](=O)[O-])C=CC=C1. The second kappa shape index (κ2) is 10.6. The molecule has 34 heavy (non-hydrogen) atoms.